The van der Waals surface area contributed by atoms with Crippen molar-refractivity contribution >= 4 is 27.5 Å². The van der Waals surface area contributed by atoms with Gasteiger partial charge in [0.2, 0.25) is 10.0 Å². The Morgan fingerprint density at radius 3 is 2.50 bits per heavy atom. The van der Waals surface area contributed by atoms with Crippen LogP contribution in [0.1, 0.15) is 38.1 Å². The van der Waals surface area contributed by atoms with Gasteiger partial charge in [0.25, 0.3) is 5.91 Å². The summed E-state index contributed by atoms with van der Waals surface area (Å²) < 4.78 is 43.1. The number of ether oxygens (including phenoxy) is 3. The predicted molar refractivity (Wildman–Crippen MR) is 116 cm³/mol. The van der Waals surface area contributed by atoms with Crippen molar-refractivity contribution in [2.24, 2.45) is 5.92 Å². The molecule has 0 aliphatic carbocycles. The van der Waals surface area contributed by atoms with Crippen LogP contribution in [-0.2, 0) is 14.8 Å². The van der Waals surface area contributed by atoms with Crippen molar-refractivity contribution in [3.05, 3.63) is 22.7 Å². The number of rotatable bonds is 9. The Bertz CT molecular complexity index is 836. The summed E-state index contributed by atoms with van der Waals surface area (Å²) >= 11 is 6.28. The number of hydrogen-bond donors (Lipinski definition) is 1. The van der Waals surface area contributed by atoms with Crippen LogP contribution in [-0.4, -0.2) is 69.9 Å². The molecule has 1 aromatic rings. The summed E-state index contributed by atoms with van der Waals surface area (Å²) in [6.07, 6.45) is -0.326. The van der Waals surface area contributed by atoms with Crippen molar-refractivity contribution < 1.29 is 27.4 Å². The van der Waals surface area contributed by atoms with Crippen LogP contribution in [0.2, 0.25) is 5.02 Å². The Labute approximate surface area is 183 Å². The second-order valence-corrected chi connectivity index (χ2v) is 10.3. The minimum absolute atomic E-state index is 0.0210. The Morgan fingerprint density at radius 2 is 1.93 bits per heavy atom. The molecule has 0 bridgehead atoms. The number of carbonyl (C=O) groups is 1. The van der Waals surface area contributed by atoms with E-state index in [2.05, 4.69) is 5.32 Å². The van der Waals surface area contributed by atoms with Crippen LogP contribution in [0, 0.1) is 5.92 Å². The molecule has 1 amide bonds. The first kappa shape index (κ1) is 24.7. The molecule has 2 unspecified atom stereocenters. The quantitative estimate of drug-likeness (QED) is 0.606. The molecule has 8 nitrogen and oxygen atoms in total. The van der Waals surface area contributed by atoms with Crippen LogP contribution < -0.4 is 14.8 Å². The number of sulfonamides is 1. The third-order valence-corrected chi connectivity index (χ3v) is 6.56. The molecule has 1 N–H and O–H groups in total. The minimum atomic E-state index is -3.50. The zero-order valence-electron chi connectivity index (χ0n) is 18.1. The number of carbonyl (C=O) groups excluding carboxylic acids is 1. The van der Waals surface area contributed by atoms with Gasteiger partial charge in [0.05, 0.1) is 36.7 Å². The summed E-state index contributed by atoms with van der Waals surface area (Å²) in [4.78, 5) is 12.5. The normalized spacial score (nSPS) is 20.2. The number of nitrogens with zero attached hydrogens (tertiary/aromatic N) is 1. The van der Waals surface area contributed by atoms with Crippen molar-refractivity contribution in [1.82, 2.24) is 9.62 Å². The second-order valence-electron chi connectivity index (χ2n) is 7.84. The molecule has 1 aliphatic rings. The van der Waals surface area contributed by atoms with Crippen LogP contribution in [0.3, 0.4) is 0 Å². The van der Waals surface area contributed by atoms with E-state index in [9.17, 15) is 13.2 Å². The van der Waals surface area contributed by atoms with Gasteiger partial charge in [-0.3, -0.25) is 4.79 Å². The lowest BCUT2D eigenvalue weighted by atomic mass is 10.2. The molecule has 1 aliphatic heterocycles. The molecular weight excluding hydrogens is 432 g/mol. The van der Waals surface area contributed by atoms with Gasteiger partial charge >= 0.3 is 0 Å². The smallest absolute Gasteiger partial charge is 0.251 e. The minimum Gasteiger partial charge on any atom is -0.493 e. The zero-order valence-corrected chi connectivity index (χ0v) is 19.7. The fourth-order valence-corrected chi connectivity index (χ4v) is 4.88. The van der Waals surface area contributed by atoms with Gasteiger partial charge in [-0.15, -0.1) is 0 Å². The number of halogens is 1. The van der Waals surface area contributed by atoms with E-state index in [1.54, 1.807) is 0 Å². The van der Waals surface area contributed by atoms with Crippen molar-refractivity contribution in [3.8, 4) is 11.5 Å². The molecule has 1 aromatic carbocycles. The van der Waals surface area contributed by atoms with Gasteiger partial charge in [0, 0.05) is 25.2 Å². The number of nitrogens with one attached hydrogen (secondary N) is 1. The number of methoxy groups -OCH3 is 1. The highest BCUT2D eigenvalue weighted by atomic mass is 35.5. The number of morpholine rings is 1. The molecule has 30 heavy (non-hydrogen) atoms. The molecule has 0 aromatic heterocycles. The Kier molecular flexibility index (Phi) is 8.78. The Hall–Kier alpha value is -1.55. The van der Waals surface area contributed by atoms with E-state index in [4.69, 9.17) is 25.8 Å². The van der Waals surface area contributed by atoms with Gasteiger partial charge in [-0.1, -0.05) is 25.4 Å². The van der Waals surface area contributed by atoms with Crippen LogP contribution >= 0.6 is 11.6 Å². The molecule has 10 heteroatoms. The van der Waals surface area contributed by atoms with Crippen molar-refractivity contribution in [3.63, 3.8) is 0 Å². The van der Waals surface area contributed by atoms with E-state index in [1.807, 2.05) is 27.7 Å². The number of benzene rings is 1. The fraction of sp³-hybridized carbons (Fsp3) is 0.650. The maximum Gasteiger partial charge on any atom is 0.251 e. The van der Waals surface area contributed by atoms with Crippen molar-refractivity contribution in [2.45, 2.75) is 39.9 Å². The van der Waals surface area contributed by atoms with Gasteiger partial charge < -0.3 is 19.5 Å². The van der Waals surface area contributed by atoms with Gasteiger partial charge in [-0.25, -0.2) is 8.42 Å². The van der Waals surface area contributed by atoms with Gasteiger partial charge in [-0.2, -0.15) is 4.31 Å². The highest BCUT2D eigenvalue weighted by molar-refractivity contribution is 7.89. The van der Waals surface area contributed by atoms with Gasteiger partial charge in [-0.05, 0) is 31.9 Å². The molecule has 1 heterocycles. The lowest BCUT2D eigenvalue weighted by Gasteiger charge is -2.34. The molecular formula is C20H31ClN2O6S. The topological polar surface area (TPSA) is 94.2 Å². The molecule has 0 saturated carbocycles. The summed E-state index contributed by atoms with van der Waals surface area (Å²) in [5, 5.41) is 2.89. The average molecular weight is 463 g/mol. The standard InChI is InChI=1S/C20H31ClN2O6S/c1-13(2)12-28-19-17(21)8-16(9-18(19)27-5)20(24)22-6-7-30(25,26)23-10-14(3)29-15(4)11-23/h8-9,13-15H,6-7,10-12H2,1-5H3,(H,22,24). The predicted octanol–water partition coefficient (Wildman–Crippen LogP) is 2.55. The highest BCUT2D eigenvalue weighted by Gasteiger charge is 2.30. The van der Waals surface area contributed by atoms with Crippen molar-refractivity contribution in [2.75, 3.05) is 39.1 Å². The molecule has 0 spiro atoms. The lowest BCUT2D eigenvalue weighted by Crippen LogP contribution is -2.49. The van der Waals surface area contributed by atoms with E-state index < -0.39 is 15.9 Å². The van der Waals surface area contributed by atoms with E-state index in [-0.39, 0.29) is 35.1 Å². The first-order valence-corrected chi connectivity index (χ1v) is 11.9. The Morgan fingerprint density at radius 1 is 1.30 bits per heavy atom. The molecule has 2 rings (SSSR count). The highest BCUT2D eigenvalue weighted by Crippen LogP contribution is 2.36. The third-order valence-electron chi connectivity index (χ3n) is 4.48. The lowest BCUT2D eigenvalue weighted by molar-refractivity contribution is -0.0440. The second kappa shape index (κ2) is 10.7. The maximum atomic E-state index is 12.6. The Balaban J connectivity index is 2.00. The summed E-state index contributed by atoms with van der Waals surface area (Å²) in [5.74, 6) is 0.385. The number of amides is 1. The molecule has 2 atom stereocenters. The first-order chi connectivity index (χ1) is 14.0. The largest absolute Gasteiger partial charge is 0.493 e. The number of hydrogen-bond acceptors (Lipinski definition) is 6. The zero-order chi connectivity index (χ0) is 22.5. The monoisotopic (exact) mass is 462 g/mol. The van der Waals surface area contributed by atoms with E-state index in [1.165, 1.54) is 23.5 Å². The van der Waals surface area contributed by atoms with Crippen LogP contribution in [0.15, 0.2) is 12.1 Å². The van der Waals surface area contributed by atoms with E-state index in [0.29, 0.717) is 37.1 Å². The van der Waals surface area contributed by atoms with Crippen LogP contribution in [0.4, 0.5) is 0 Å². The van der Waals surface area contributed by atoms with Crippen LogP contribution in [0.5, 0.6) is 11.5 Å². The first-order valence-electron chi connectivity index (χ1n) is 9.95. The molecule has 0 radical (unpaired) electrons. The van der Waals surface area contributed by atoms with Crippen molar-refractivity contribution in [1.29, 1.82) is 0 Å². The maximum absolute atomic E-state index is 12.6. The molecule has 1 saturated heterocycles. The average Bonchev–Trinajstić information content (AvgIpc) is 2.65. The third kappa shape index (κ3) is 6.73. The summed E-state index contributed by atoms with van der Waals surface area (Å²) in [6.45, 7) is 8.75. The van der Waals surface area contributed by atoms with E-state index >= 15 is 0 Å². The summed E-state index contributed by atoms with van der Waals surface area (Å²) in [7, 11) is -2.04. The van der Waals surface area contributed by atoms with E-state index in [0.717, 1.165) is 0 Å². The van der Waals surface area contributed by atoms with Crippen LogP contribution in [0.25, 0.3) is 0 Å². The van der Waals surface area contributed by atoms with Gasteiger partial charge in [0.1, 0.15) is 0 Å². The molecule has 1 fully saturated rings. The molecule has 170 valence electrons. The summed E-state index contributed by atoms with van der Waals surface area (Å²) in [6, 6.07) is 3.01. The van der Waals surface area contributed by atoms with Gasteiger partial charge in [0.15, 0.2) is 11.5 Å². The summed E-state index contributed by atoms with van der Waals surface area (Å²) in [5.41, 5.74) is 0.264. The SMILES string of the molecule is COc1cc(C(=O)NCCS(=O)(=O)N2CC(C)OC(C)C2)cc(Cl)c1OCC(C)C. The fourth-order valence-electron chi connectivity index (χ4n) is 3.12.